The summed E-state index contributed by atoms with van der Waals surface area (Å²) < 4.78 is 13.4. The van der Waals surface area contributed by atoms with Gasteiger partial charge in [-0.2, -0.15) is 0 Å². The molecule has 1 fully saturated rings. The third kappa shape index (κ3) is 5.55. The molecule has 0 bridgehead atoms. The van der Waals surface area contributed by atoms with Gasteiger partial charge in [0.15, 0.2) is 0 Å². The van der Waals surface area contributed by atoms with Crippen molar-refractivity contribution in [2.75, 3.05) is 26.2 Å². The standard InChI is InChI=1S/C16H24FN3O.ClH/c1-16(2,3)19-15(21)11-20-8-7-18-10-14(20)12-5-4-6-13(17)9-12;/h4-6,9,14,18H,7-8,10-11H2,1-3H3,(H,19,21);1H. The molecule has 2 N–H and O–H groups in total. The first kappa shape index (κ1) is 18.9. The average molecular weight is 330 g/mol. The molecule has 124 valence electrons. The maximum absolute atomic E-state index is 13.4. The molecule has 22 heavy (non-hydrogen) atoms. The Balaban J connectivity index is 0.00000242. The summed E-state index contributed by atoms with van der Waals surface area (Å²) in [4.78, 5) is 14.2. The van der Waals surface area contributed by atoms with Crippen LogP contribution in [0.5, 0.6) is 0 Å². The predicted octanol–water partition coefficient (Wildman–Crippen LogP) is 2.11. The predicted molar refractivity (Wildman–Crippen MR) is 88.7 cm³/mol. The van der Waals surface area contributed by atoms with Crippen LogP contribution < -0.4 is 10.6 Å². The van der Waals surface area contributed by atoms with Crippen LogP contribution in [-0.4, -0.2) is 42.5 Å². The lowest BCUT2D eigenvalue weighted by molar-refractivity contribution is -0.124. The number of piperazine rings is 1. The number of carbonyl (C=O) groups is 1. The highest BCUT2D eigenvalue weighted by molar-refractivity contribution is 5.85. The highest BCUT2D eigenvalue weighted by atomic mass is 35.5. The fourth-order valence-corrected chi connectivity index (χ4v) is 2.62. The molecule has 6 heteroatoms. The zero-order valence-electron chi connectivity index (χ0n) is 13.4. The lowest BCUT2D eigenvalue weighted by Gasteiger charge is -2.36. The smallest absolute Gasteiger partial charge is 0.234 e. The molecule has 1 saturated heterocycles. The van der Waals surface area contributed by atoms with Gasteiger partial charge in [0.2, 0.25) is 5.91 Å². The third-order valence-corrected chi connectivity index (χ3v) is 3.45. The SMILES string of the molecule is CC(C)(C)NC(=O)CN1CCNCC1c1cccc(F)c1.Cl. The Labute approximate surface area is 137 Å². The molecule has 1 aromatic carbocycles. The minimum atomic E-state index is -0.239. The van der Waals surface area contributed by atoms with Crippen LogP contribution in [0.3, 0.4) is 0 Å². The Hall–Kier alpha value is -1.17. The van der Waals surface area contributed by atoms with Crippen LogP contribution >= 0.6 is 12.4 Å². The van der Waals surface area contributed by atoms with E-state index in [9.17, 15) is 9.18 Å². The van der Waals surface area contributed by atoms with Gasteiger partial charge in [-0.3, -0.25) is 9.69 Å². The van der Waals surface area contributed by atoms with Crippen molar-refractivity contribution >= 4 is 18.3 Å². The Morgan fingerprint density at radius 1 is 1.45 bits per heavy atom. The zero-order chi connectivity index (χ0) is 15.5. The van der Waals surface area contributed by atoms with Gasteiger partial charge in [0.05, 0.1) is 6.54 Å². The Morgan fingerprint density at radius 2 is 2.18 bits per heavy atom. The van der Waals surface area contributed by atoms with Gasteiger partial charge in [-0.05, 0) is 38.5 Å². The number of amides is 1. The normalized spacial score (nSPS) is 19.4. The number of benzene rings is 1. The van der Waals surface area contributed by atoms with E-state index in [1.165, 1.54) is 6.07 Å². The van der Waals surface area contributed by atoms with Crippen LogP contribution in [0.2, 0.25) is 0 Å². The van der Waals surface area contributed by atoms with E-state index in [0.717, 1.165) is 25.2 Å². The quantitative estimate of drug-likeness (QED) is 0.892. The second-order valence-corrected chi connectivity index (χ2v) is 6.54. The number of carbonyl (C=O) groups excluding carboxylic acids is 1. The fraction of sp³-hybridized carbons (Fsp3) is 0.562. The van der Waals surface area contributed by atoms with Crippen molar-refractivity contribution in [3.05, 3.63) is 35.6 Å². The summed E-state index contributed by atoms with van der Waals surface area (Å²) in [6, 6.07) is 6.64. The Morgan fingerprint density at radius 3 is 2.82 bits per heavy atom. The van der Waals surface area contributed by atoms with Gasteiger partial charge in [0, 0.05) is 31.2 Å². The Bertz CT molecular complexity index is 504. The minimum Gasteiger partial charge on any atom is -0.350 e. The lowest BCUT2D eigenvalue weighted by Crippen LogP contribution is -2.51. The van der Waals surface area contributed by atoms with Gasteiger partial charge in [0.25, 0.3) is 0 Å². The van der Waals surface area contributed by atoms with Crippen LogP contribution in [0.4, 0.5) is 4.39 Å². The van der Waals surface area contributed by atoms with Crippen molar-refractivity contribution < 1.29 is 9.18 Å². The molecular formula is C16H25ClFN3O. The summed E-state index contributed by atoms with van der Waals surface area (Å²) >= 11 is 0. The van der Waals surface area contributed by atoms with E-state index in [4.69, 9.17) is 0 Å². The maximum atomic E-state index is 13.4. The molecular weight excluding hydrogens is 305 g/mol. The van der Waals surface area contributed by atoms with Crippen LogP contribution in [0.15, 0.2) is 24.3 Å². The second-order valence-electron chi connectivity index (χ2n) is 6.54. The largest absolute Gasteiger partial charge is 0.350 e. The molecule has 0 aromatic heterocycles. The number of hydrogen-bond acceptors (Lipinski definition) is 3. The molecule has 0 radical (unpaired) electrons. The summed E-state index contributed by atoms with van der Waals surface area (Å²) in [5.41, 5.74) is 0.671. The molecule has 0 aliphatic carbocycles. The van der Waals surface area contributed by atoms with Gasteiger partial charge >= 0.3 is 0 Å². The summed E-state index contributed by atoms with van der Waals surface area (Å²) in [5.74, 6) is -0.233. The van der Waals surface area contributed by atoms with E-state index in [-0.39, 0.29) is 35.7 Å². The molecule has 0 spiro atoms. The van der Waals surface area contributed by atoms with Crippen molar-refractivity contribution in [3.63, 3.8) is 0 Å². The average Bonchev–Trinajstić information content (AvgIpc) is 2.37. The summed E-state index contributed by atoms with van der Waals surface area (Å²) in [6.45, 7) is 8.58. The first-order valence-corrected chi connectivity index (χ1v) is 7.36. The van der Waals surface area contributed by atoms with Gasteiger partial charge in [-0.25, -0.2) is 4.39 Å². The molecule has 1 aromatic rings. The van der Waals surface area contributed by atoms with Gasteiger partial charge < -0.3 is 10.6 Å². The first-order chi connectivity index (χ1) is 9.85. The number of nitrogens with one attached hydrogen (secondary N) is 2. The number of halogens is 2. The van der Waals surface area contributed by atoms with E-state index in [0.29, 0.717) is 6.54 Å². The topological polar surface area (TPSA) is 44.4 Å². The molecule has 1 amide bonds. The number of rotatable bonds is 3. The monoisotopic (exact) mass is 329 g/mol. The molecule has 1 heterocycles. The lowest BCUT2D eigenvalue weighted by atomic mass is 10.0. The highest BCUT2D eigenvalue weighted by Crippen LogP contribution is 2.22. The molecule has 1 unspecified atom stereocenters. The molecule has 4 nitrogen and oxygen atoms in total. The number of nitrogens with zero attached hydrogens (tertiary/aromatic N) is 1. The fourth-order valence-electron chi connectivity index (χ4n) is 2.62. The van der Waals surface area contributed by atoms with E-state index in [2.05, 4.69) is 15.5 Å². The van der Waals surface area contributed by atoms with Crippen molar-refractivity contribution in [1.29, 1.82) is 0 Å². The van der Waals surface area contributed by atoms with Gasteiger partial charge in [0.1, 0.15) is 5.82 Å². The summed E-state index contributed by atoms with van der Waals surface area (Å²) in [6.07, 6.45) is 0. The Kier molecular flexibility index (Phi) is 6.78. The summed E-state index contributed by atoms with van der Waals surface area (Å²) in [7, 11) is 0. The van der Waals surface area contributed by atoms with E-state index in [1.807, 2.05) is 26.8 Å². The van der Waals surface area contributed by atoms with Crippen LogP contribution in [0.1, 0.15) is 32.4 Å². The summed E-state index contributed by atoms with van der Waals surface area (Å²) in [5, 5.41) is 6.28. The van der Waals surface area contributed by atoms with Crippen molar-refractivity contribution in [2.45, 2.75) is 32.4 Å². The van der Waals surface area contributed by atoms with E-state index < -0.39 is 0 Å². The van der Waals surface area contributed by atoms with Crippen molar-refractivity contribution in [2.24, 2.45) is 0 Å². The highest BCUT2D eigenvalue weighted by Gasteiger charge is 2.26. The zero-order valence-corrected chi connectivity index (χ0v) is 14.2. The van der Waals surface area contributed by atoms with Crippen LogP contribution in [-0.2, 0) is 4.79 Å². The first-order valence-electron chi connectivity index (χ1n) is 7.36. The third-order valence-electron chi connectivity index (χ3n) is 3.45. The maximum Gasteiger partial charge on any atom is 0.234 e. The van der Waals surface area contributed by atoms with Crippen LogP contribution in [0.25, 0.3) is 0 Å². The molecule has 1 aliphatic rings. The molecule has 0 saturated carbocycles. The molecule has 1 aliphatic heterocycles. The van der Waals surface area contributed by atoms with Gasteiger partial charge in [-0.15, -0.1) is 12.4 Å². The minimum absolute atomic E-state index is 0. The molecule has 1 atom stereocenters. The number of hydrogen-bond donors (Lipinski definition) is 2. The van der Waals surface area contributed by atoms with E-state index in [1.54, 1.807) is 12.1 Å². The van der Waals surface area contributed by atoms with Crippen molar-refractivity contribution in [1.82, 2.24) is 15.5 Å². The van der Waals surface area contributed by atoms with Gasteiger partial charge in [-0.1, -0.05) is 12.1 Å². The molecule has 2 rings (SSSR count). The second kappa shape index (κ2) is 7.90. The van der Waals surface area contributed by atoms with Crippen molar-refractivity contribution in [3.8, 4) is 0 Å². The van der Waals surface area contributed by atoms with Crippen LogP contribution in [0, 0.1) is 5.82 Å². The van der Waals surface area contributed by atoms with E-state index >= 15 is 0 Å².